The number of anilines is 1. The molecule has 0 aliphatic carbocycles. The summed E-state index contributed by atoms with van der Waals surface area (Å²) in [5.74, 6) is 0. The molecule has 0 aliphatic rings. The van der Waals surface area contributed by atoms with Crippen LogP contribution in [0.3, 0.4) is 0 Å². The molecule has 0 unspecified atom stereocenters. The molecule has 8 nitrogen and oxygen atoms in total. The quantitative estimate of drug-likeness (QED) is 0.552. The number of nitrogens with one attached hydrogen (secondary N) is 1. The summed E-state index contributed by atoms with van der Waals surface area (Å²) >= 11 is 6.12. The lowest BCUT2D eigenvalue weighted by Crippen LogP contribution is -2.15. The van der Waals surface area contributed by atoms with E-state index in [1.54, 1.807) is 36.5 Å². The second kappa shape index (κ2) is 6.92. The van der Waals surface area contributed by atoms with E-state index in [4.69, 9.17) is 16.9 Å². The molecule has 2 aromatic carbocycles. The third-order valence-electron chi connectivity index (χ3n) is 3.95. The monoisotopic (exact) mass is 410 g/mol. The van der Waals surface area contributed by atoms with E-state index in [0.717, 1.165) is 0 Å². The molecule has 28 heavy (non-hydrogen) atoms. The number of hydrogen-bond donors (Lipinski definition) is 1. The Hall–Kier alpha value is -3.48. The summed E-state index contributed by atoms with van der Waals surface area (Å²) in [6.07, 6.45) is 1.59. The van der Waals surface area contributed by atoms with Crippen LogP contribution in [0.5, 0.6) is 0 Å². The van der Waals surface area contributed by atoms with E-state index >= 15 is 0 Å². The van der Waals surface area contributed by atoms with E-state index in [1.807, 2.05) is 6.07 Å². The van der Waals surface area contributed by atoms with Gasteiger partial charge in [-0.05, 0) is 54.6 Å². The molecule has 0 bridgehead atoms. The van der Waals surface area contributed by atoms with E-state index in [2.05, 4.69) is 20.0 Å². The molecule has 0 aliphatic heterocycles. The second-order valence-electron chi connectivity index (χ2n) is 5.75. The molecule has 0 radical (unpaired) electrons. The largest absolute Gasteiger partial charge is 0.277 e. The molecule has 138 valence electrons. The Labute approximate surface area is 165 Å². The number of halogens is 1. The van der Waals surface area contributed by atoms with Crippen molar-refractivity contribution in [1.82, 2.24) is 20.0 Å². The van der Waals surface area contributed by atoms with Crippen molar-refractivity contribution in [3.8, 4) is 11.8 Å². The first-order valence-electron chi connectivity index (χ1n) is 7.97. The van der Waals surface area contributed by atoms with Crippen LogP contribution >= 0.6 is 11.6 Å². The summed E-state index contributed by atoms with van der Waals surface area (Å²) in [4.78, 5) is 4.15. The number of pyridine rings is 1. The lowest BCUT2D eigenvalue weighted by Gasteiger charge is -2.13. The van der Waals surface area contributed by atoms with Crippen molar-refractivity contribution in [1.29, 1.82) is 5.26 Å². The highest BCUT2D eigenvalue weighted by Gasteiger charge is 2.19. The number of fused-ring (bicyclic) bond motifs is 1. The Balaban J connectivity index is 1.79. The third kappa shape index (κ3) is 3.26. The molecule has 0 fully saturated rings. The fourth-order valence-electron chi connectivity index (χ4n) is 2.62. The van der Waals surface area contributed by atoms with Crippen molar-refractivity contribution in [2.45, 2.75) is 4.90 Å². The van der Waals surface area contributed by atoms with E-state index < -0.39 is 10.0 Å². The van der Waals surface area contributed by atoms with Gasteiger partial charge in [-0.25, -0.2) is 18.1 Å². The van der Waals surface area contributed by atoms with Gasteiger partial charge in [0.05, 0.1) is 27.9 Å². The Bertz CT molecular complexity index is 1330. The van der Waals surface area contributed by atoms with Crippen molar-refractivity contribution >= 4 is 38.5 Å². The van der Waals surface area contributed by atoms with E-state index in [1.165, 1.54) is 28.9 Å². The van der Waals surface area contributed by atoms with Gasteiger partial charge in [-0.15, -0.1) is 5.10 Å². The second-order valence-corrected chi connectivity index (χ2v) is 7.87. The Kier molecular flexibility index (Phi) is 4.43. The maximum atomic E-state index is 12.8. The Morgan fingerprint density at radius 3 is 2.64 bits per heavy atom. The first kappa shape index (κ1) is 17.9. The van der Waals surface area contributed by atoms with E-state index in [9.17, 15) is 8.42 Å². The lowest BCUT2D eigenvalue weighted by atomic mass is 10.2. The van der Waals surface area contributed by atoms with Gasteiger partial charge in [0.25, 0.3) is 10.0 Å². The molecular formula is C18H11ClN6O2S. The maximum absolute atomic E-state index is 12.8. The van der Waals surface area contributed by atoms with Gasteiger partial charge in [-0.3, -0.25) is 4.72 Å². The minimum Gasteiger partial charge on any atom is -0.277 e. The average molecular weight is 411 g/mol. The smallest absolute Gasteiger partial charge is 0.261 e. The van der Waals surface area contributed by atoms with Gasteiger partial charge in [0, 0.05) is 11.2 Å². The van der Waals surface area contributed by atoms with Gasteiger partial charge >= 0.3 is 0 Å². The minimum absolute atomic E-state index is 0.0255. The fraction of sp³-hybridized carbons (Fsp3) is 0. The number of sulfonamides is 1. The molecule has 0 amide bonds. The van der Waals surface area contributed by atoms with Crippen molar-refractivity contribution in [3.05, 3.63) is 71.4 Å². The number of nitrogens with zero attached hydrogens (tertiary/aromatic N) is 5. The zero-order valence-corrected chi connectivity index (χ0v) is 15.7. The number of aromatic nitrogens is 4. The van der Waals surface area contributed by atoms with Crippen LogP contribution in [0.15, 0.2) is 65.7 Å². The minimum atomic E-state index is -3.90. The van der Waals surface area contributed by atoms with Crippen molar-refractivity contribution in [2.75, 3.05) is 4.72 Å². The fourth-order valence-corrected chi connectivity index (χ4v) is 3.86. The van der Waals surface area contributed by atoms with Gasteiger partial charge in [0.15, 0.2) is 0 Å². The van der Waals surface area contributed by atoms with Crippen LogP contribution in [0, 0.1) is 11.3 Å². The highest BCUT2D eigenvalue weighted by atomic mass is 35.5. The Morgan fingerprint density at radius 1 is 1.11 bits per heavy atom. The molecule has 0 saturated carbocycles. The van der Waals surface area contributed by atoms with Gasteiger partial charge in [0.2, 0.25) is 5.65 Å². The zero-order valence-electron chi connectivity index (χ0n) is 14.1. The van der Waals surface area contributed by atoms with Crippen LogP contribution < -0.4 is 4.72 Å². The first-order chi connectivity index (χ1) is 13.5. The van der Waals surface area contributed by atoms with Gasteiger partial charge in [-0.1, -0.05) is 16.8 Å². The molecule has 4 aromatic rings. The van der Waals surface area contributed by atoms with Gasteiger partial charge in [0.1, 0.15) is 5.52 Å². The van der Waals surface area contributed by atoms with Gasteiger partial charge in [-0.2, -0.15) is 5.26 Å². The highest BCUT2D eigenvalue weighted by molar-refractivity contribution is 7.92. The number of rotatable bonds is 4. The number of nitriles is 1. The van der Waals surface area contributed by atoms with Crippen LogP contribution in [0.1, 0.15) is 5.56 Å². The topological polar surface area (TPSA) is 114 Å². The SMILES string of the molecule is N#Cc1ccc(S(=O)(=O)Nc2ccc(Cl)cc2-n2nnc3ncccc32)cc1. The van der Waals surface area contributed by atoms with E-state index in [-0.39, 0.29) is 10.6 Å². The summed E-state index contributed by atoms with van der Waals surface area (Å²) in [6, 6.07) is 15.8. The molecule has 0 atom stereocenters. The first-order valence-corrected chi connectivity index (χ1v) is 9.83. The summed E-state index contributed by atoms with van der Waals surface area (Å²) in [5.41, 5.74) is 2.06. The maximum Gasteiger partial charge on any atom is 0.261 e. The predicted octanol–water partition coefficient (Wildman–Crippen LogP) is 3.14. The van der Waals surface area contributed by atoms with Gasteiger partial charge < -0.3 is 0 Å². The highest BCUT2D eigenvalue weighted by Crippen LogP contribution is 2.28. The standard InChI is InChI=1S/C18H11ClN6O2S/c19-13-5-8-15(23-28(26,27)14-6-3-12(11-20)4-7-14)17(10-13)25-16-2-1-9-21-18(16)22-24-25/h1-10,23H. The van der Waals surface area contributed by atoms with E-state index in [0.29, 0.717) is 27.4 Å². The average Bonchev–Trinajstić information content (AvgIpc) is 3.13. The van der Waals surface area contributed by atoms with Crippen LogP contribution in [-0.4, -0.2) is 28.4 Å². The zero-order chi connectivity index (χ0) is 19.7. The molecule has 2 aromatic heterocycles. The van der Waals surface area contributed by atoms with Crippen molar-refractivity contribution in [3.63, 3.8) is 0 Å². The van der Waals surface area contributed by atoms with Crippen LogP contribution in [0.4, 0.5) is 5.69 Å². The summed E-state index contributed by atoms with van der Waals surface area (Å²) in [5, 5.41) is 17.3. The van der Waals surface area contributed by atoms with Crippen LogP contribution in [-0.2, 0) is 10.0 Å². The molecule has 0 spiro atoms. The summed E-state index contributed by atoms with van der Waals surface area (Å²) < 4.78 is 29.6. The molecule has 1 N–H and O–H groups in total. The molecular weight excluding hydrogens is 400 g/mol. The summed E-state index contributed by atoms with van der Waals surface area (Å²) in [7, 11) is -3.90. The molecule has 0 saturated heterocycles. The van der Waals surface area contributed by atoms with Crippen LogP contribution in [0.2, 0.25) is 5.02 Å². The third-order valence-corrected chi connectivity index (χ3v) is 5.57. The molecule has 10 heteroatoms. The van der Waals surface area contributed by atoms with Crippen LogP contribution in [0.25, 0.3) is 16.9 Å². The summed E-state index contributed by atoms with van der Waals surface area (Å²) in [6.45, 7) is 0. The number of hydrogen-bond acceptors (Lipinski definition) is 6. The normalized spacial score (nSPS) is 11.3. The Morgan fingerprint density at radius 2 is 1.89 bits per heavy atom. The van der Waals surface area contributed by atoms with Crippen molar-refractivity contribution < 1.29 is 8.42 Å². The molecule has 4 rings (SSSR count). The lowest BCUT2D eigenvalue weighted by molar-refractivity contribution is 0.601. The van der Waals surface area contributed by atoms with Crippen molar-refractivity contribution in [2.24, 2.45) is 0 Å². The number of benzene rings is 2. The molecule has 2 heterocycles. The predicted molar refractivity (Wildman–Crippen MR) is 104 cm³/mol.